The quantitative estimate of drug-likeness (QED) is 0.818. The van der Waals surface area contributed by atoms with E-state index in [1.54, 1.807) is 6.07 Å². The van der Waals surface area contributed by atoms with Crippen molar-refractivity contribution in [1.82, 2.24) is 4.90 Å². The van der Waals surface area contributed by atoms with Crippen molar-refractivity contribution in [3.63, 3.8) is 0 Å². The molecule has 1 aliphatic rings. The smallest absolute Gasteiger partial charge is 0.256 e. The Morgan fingerprint density at radius 3 is 3.00 bits per heavy atom. The minimum absolute atomic E-state index is 0.000602. The Morgan fingerprint density at radius 1 is 1.47 bits per heavy atom. The van der Waals surface area contributed by atoms with Crippen molar-refractivity contribution in [2.24, 2.45) is 0 Å². The third kappa shape index (κ3) is 2.89. The lowest BCUT2D eigenvalue weighted by molar-refractivity contribution is 0.0575. The van der Waals surface area contributed by atoms with Gasteiger partial charge in [0.1, 0.15) is 0 Å². The van der Waals surface area contributed by atoms with Crippen LogP contribution in [0.25, 0.3) is 0 Å². The first kappa shape index (κ1) is 13.9. The number of aryl methyl sites for hydroxylation is 1. The zero-order valence-electron chi connectivity index (χ0n) is 11.4. The molecule has 0 radical (unpaired) electrons. The topological polar surface area (TPSA) is 66.6 Å². The molecule has 1 heterocycles. The molecule has 1 atom stereocenters. The standard InChI is InChI=1S/C15H22N2O2/c1-11-5-4-7-13(14(11)16)15(19)17-9-3-2-6-12(17)8-10-18/h4-5,7,12,18H,2-3,6,8-10,16H2,1H3. The number of carbonyl (C=O) groups is 1. The van der Waals surface area contributed by atoms with E-state index >= 15 is 0 Å². The van der Waals surface area contributed by atoms with Crippen LogP contribution in [0.3, 0.4) is 0 Å². The van der Waals surface area contributed by atoms with Gasteiger partial charge in [-0.25, -0.2) is 0 Å². The lowest BCUT2D eigenvalue weighted by atomic mass is 9.97. The predicted octanol–water partition coefficient (Wildman–Crippen LogP) is 1.95. The fourth-order valence-corrected chi connectivity index (χ4v) is 2.74. The highest BCUT2D eigenvalue weighted by atomic mass is 16.3. The van der Waals surface area contributed by atoms with Crippen LogP contribution in [0.1, 0.15) is 41.6 Å². The van der Waals surface area contributed by atoms with Gasteiger partial charge in [-0.1, -0.05) is 12.1 Å². The second-order valence-corrected chi connectivity index (χ2v) is 5.20. The van der Waals surface area contributed by atoms with Crippen molar-refractivity contribution in [3.05, 3.63) is 29.3 Å². The molecule has 1 amide bonds. The number of aliphatic hydroxyl groups excluding tert-OH is 1. The van der Waals surface area contributed by atoms with Gasteiger partial charge in [-0.15, -0.1) is 0 Å². The first-order valence-electron chi connectivity index (χ1n) is 6.92. The van der Waals surface area contributed by atoms with E-state index in [1.165, 1.54) is 0 Å². The SMILES string of the molecule is Cc1cccc(C(=O)N2CCCCC2CCO)c1N. The highest BCUT2D eigenvalue weighted by molar-refractivity contribution is 6.00. The Morgan fingerprint density at radius 2 is 2.26 bits per heavy atom. The van der Waals surface area contributed by atoms with Gasteiger partial charge in [-0.05, 0) is 44.2 Å². The van der Waals surface area contributed by atoms with E-state index in [0.29, 0.717) is 17.7 Å². The Labute approximate surface area is 114 Å². The number of anilines is 1. The van der Waals surface area contributed by atoms with Crippen LogP contribution in [-0.4, -0.2) is 35.1 Å². The highest BCUT2D eigenvalue weighted by Crippen LogP contribution is 2.25. The van der Waals surface area contributed by atoms with Crippen molar-refractivity contribution in [2.45, 2.75) is 38.6 Å². The van der Waals surface area contributed by atoms with E-state index in [4.69, 9.17) is 10.8 Å². The molecule has 0 aromatic heterocycles. The summed E-state index contributed by atoms with van der Waals surface area (Å²) in [6, 6.07) is 5.71. The second-order valence-electron chi connectivity index (χ2n) is 5.20. The van der Waals surface area contributed by atoms with E-state index in [0.717, 1.165) is 31.4 Å². The maximum Gasteiger partial charge on any atom is 0.256 e. The van der Waals surface area contributed by atoms with Crippen LogP contribution >= 0.6 is 0 Å². The molecule has 2 rings (SSSR count). The number of carbonyl (C=O) groups excluding carboxylic acids is 1. The van der Waals surface area contributed by atoms with Crippen molar-refractivity contribution in [3.8, 4) is 0 Å². The van der Waals surface area contributed by atoms with Gasteiger partial charge in [0, 0.05) is 24.9 Å². The molecule has 0 aliphatic carbocycles. The van der Waals surface area contributed by atoms with E-state index in [1.807, 2.05) is 24.0 Å². The van der Waals surface area contributed by atoms with Crippen LogP contribution in [0.2, 0.25) is 0 Å². The maximum atomic E-state index is 12.6. The number of hydrogen-bond acceptors (Lipinski definition) is 3. The molecule has 0 saturated carbocycles. The van der Waals surface area contributed by atoms with E-state index in [-0.39, 0.29) is 18.6 Å². The fraction of sp³-hybridized carbons (Fsp3) is 0.533. The Bertz CT molecular complexity index is 457. The zero-order valence-corrected chi connectivity index (χ0v) is 11.4. The number of aliphatic hydroxyl groups is 1. The number of piperidine rings is 1. The minimum Gasteiger partial charge on any atom is -0.398 e. The Kier molecular flexibility index (Phi) is 4.43. The summed E-state index contributed by atoms with van der Waals surface area (Å²) in [6.45, 7) is 2.79. The van der Waals surface area contributed by atoms with E-state index in [9.17, 15) is 4.79 Å². The number of likely N-dealkylation sites (tertiary alicyclic amines) is 1. The number of rotatable bonds is 3. The summed E-state index contributed by atoms with van der Waals surface area (Å²) in [5.74, 6) is -0.000602. The van der Waals surface area contributed by atoms with Gasteiger partial charge in [-0.2, -0.15) is 0 Å². The molecule has 104 valence electrons. The number of nitrogen functional groups attached to an aromatic ring is 1. The first-order chi connectivity index (χ1) is 9.15. The molecular weight excluding hydrogens is 240 g/mol. The summed E-state index contributed by atoms with van der Waals surface area (Å²) in [6.07, 6.45) is 3.77. The molecule has 4 heteroatoms. The van der Waals surface area contributed by atoms with Crippen LogP contribution < -0.4 is 5.73 Å². The molecule has 1 aromatic carbocycles. The zero-order chi connectivity index (χ0) is 13.8. The maximum absolute atomic E-state index is 12.6. The molecular formula is C15H22N2O2. The molecule has 1 saturated heterocycles. The monoisotopic (exact) mass is 262 g/mol. The van der Waals surface area contributed by atoms with Crippen LogP contribution in [0, 0.1) is 6.92 Å². The number of para-hydroxylation sites is 1. The lowest BCUT2D eigenvalue weighted by Gasteiger charge is -2.36. The summed E-state index contributed by atoms with van der Waals surface area (Å²) in [5.41, 5.74) is 8.10. The van der Waals surface area contributed by atoms with Crippen molar-refractivity contribution < 1.29 is 9.90 Å². The summed E-state index contributed by atoms with van der Waals surface area (Å²) in [5, 5.41) is 9.12. The van der Waals surface area contributed by atoms with Gasteiger partial charge in [-0.3, -0.25) is 4.79 Å². The molecule has 1 aromatic rings. The highest BCUT2D eigenvalue weighted by Gasteiger charge is 2.28. The lowest BCUT2D eigenvalue weighted by Crippen LogP contribution is -2.44. The summed E-state index contributed by atoms with van der Waals surface area (Å²) in [4.78, 5) is 14.5. The van der Waals surface area contributed by atoms with Gasteiger partial charge in [0.2, 0.25) is 0 Å². The van der Waals surface area contributed by atoms with Gasteiger partial charge in [0.15, 0.2) is 0 Å². The largest absolute Gasteiger partial charge is 0.398 e. The molecule has 4 nitrogen and oxygen atoms in total. The van der Waals surface area contributed by atoms with Crippen LogP contribution in [0.5, 0.6) is 0 Å². The van der Waals surface area contributed by atoms with E-state index < -0.39 is 0 Å². The van der Waals surface area contributed by atoms with Gasteiger partial charge < -0.3 is 15.7 Å². The van der Waals surface area contributed by atoms with E-state index in [2.05, 4.69) is 0 Å². The normalized spacial score (nSPS) is 19.5. The molecule has 1 aliphatic heterocycles. The third-order valence-electron chi connectivity index (χ3n) is 3.90. The predicted molar refractivity (Wildman–Crippen MR) is 76.0 cm³/mol. The Balaban J connectivity index is 2.23. The van der Waals surface area contributed by atoms with Crippen LogP contribution in [0.15, 0.2) is 18.2 Å². The van der Waals surface area contributed by atoms with Gasteiger partial charge >= 0.3 is 0 Å². The first-order valence-corrected chi connectivity index (χ1v) is 6.92. The van der Waals surface area contributed by atoms with Crippen molar-refractivity contribution in [1.29, 1.82) is 0 Å². The van der Waals surface area contributed by atoms with Crippen molar-refractivity contribution in [2.75, 3.05) is 18.9 Å². The Hall–Kier alpha value is -1.55. The molecule has 1 unspecified atom stereocenters. The molecule has 0 spiro atoms. The third-order valence-corrected chi connectivity index (χ3v) is 3.90. The van der Waals surface area contributed by atoms with Crippen LogP contribution in [0.4, 0.5) is 5.69 Å². The molecule has 3 N–H and O–H groups in total. The van der Waals surface area contributed by atoms with Gasteiger partial charge in [0.25, 0.3) is 5.91 Å². The molecule has 19 heavy (non-hydrogen) atoms. The summed E-state index contributed by atoms with van der Waals surface area (Å²) < 4.78 is 0. The van der Waals surface area contributed by atoms with Crippen LogP contribution in [-0.2, 0) is 0 Å². The number of nitrogens with zero attached hydrogens (tertiary/aromatic N) is 1. The molecule has 0 bridgehead atoms. The molecule has 1 fully saturated rings. The van der Waals surface area contributed by atoms with Gasteiger partial charge in [0.05, 0.1) is 5.56 Å². The summed E-state index contributed by atoms with van der Waals surface area (Å²) in [7, 11) is 0. The minimum atomic E-state index is -0.000602. The summed E-state index contributed by atoms with van der Waals surface area (Å²) >= 11 is 0. The number of nitrogens with two attached hydrogens (primary N) is 1. The number of hydrogen-bond donors (Lipinski definition) is 2. The average Bonchev–Trinajstić information content (AvgIpc) is 2.42. The fourth-order valence-electron chi connectivity index (χ4n) is 2.74. The number of amides is 1. The number of benzene rings is 1. The van der Waals surface area contributed by atoms with Crippen molar-refractivity contribution >= 4 is 11.6 Å². The average molecular weight is 262 g/mol. The second kappa shape index (κ2) is 6.06.